The van der Waals surface area contributed by atoms with Crippen molar-refractivity contribution in [3.8, 4) is 0 Å². The molecule has 4 amide bonds. The summed E-state index contributed by atoms with van der Waals surface area (Å²) in [4.78, 5) is 61.0. The molecule has 32 heavy (non-hydrogen) atoms. The second-order valence-corrected chi connectivity index (χ2v) is 8.29. The van der Waals surface area contributed by atoms with Gasteiger partial charge < -0.3 is 21.7 Å². The smallest absolute Gasteiger partial charge is 0.287 e. The van der Waals surface area contributed by atoms with Gasteiger partial charge in [-0.2, -0.15) is 0 Å². The highest BCUT2D eigenvalue weighted by molar-refractivity contribution is 6.37. The van der Waals surface area contributed by atoms with Gasteiger partial charge in [0.1, 0.15) is 6.04 Å². The van der Waals surface area contributed by atoms with Crippen LogP contribution in [-0.4, -0.2) is 48.0 Å². The molecule has 9 heteroatoms. The van der Waals surface area contributed by atoms with Crippen molar-refractivity contribution in [3.05, 3.63) is 42.0 Å². The molecule has 170 valence electrons. The van der Waals surface area contributed by atoms with E-state index in [1.807, 2.05) is 30.3 Å². The second-order valence-electron chi connectivity index (χ2n) is 8.29. The molecule has 2 aliphatic rings. The standard InChI is InChI=1S/C23H28N4O5/c24-21(30)20(29)17(13-16-10-11-25-22(16)31)27-23(32)18(12-15-6-7-15)26-19(28)9-8-14-4-2-1-3-5-14/h1-5,8-9,15-18H,6-7,10-13H2,(H2,24,30)(H,25,31)(H,26,28)(H,27,32)/t16-,17?,18-/m0/s1. The van der Waals surface area contributed by atoms with Crippen LogP contribution < -0.4 is 21.7 Å². The topological polar surface area (TPSA) is 147 Å². The van der Waals surface area contributed by atoms with Crippen molar-refractivity contribution >= 4 is 35.5 Å². The van der Waals surface area contributed by atoms with E-state index in [-0.39, 0.29) is 12.3 Å². The Kier molecular flexibility index (Phi) is 7.75. The van der Waals surface area contributed by atoms with E-state index in [1.165, 1.54) is 6.08 Å². The van der Waals surface area contributed by atoms with Crippen LogP contribution in [0.25, 0.3) is 6.08 Å². The van der Waals surface area contributed by atoms with E-state index in [0.717, 1.165) is 18.4 Å². The molecule has 3 atom stereocenters. The number of ketones is 1. The number of Topliss-reactive ketones (excluding diaryl/α,β-unsaturated/α-hetero) is 1. The van der Waals surface area contributed by atoms with Gasteiger partial charge >= 0.3 is 0 Å². The number of carbonyl (C=O) groups excluding carboxylic acids is 5. The molecule has 3 rings (SSSR count). The molecule has 1 saturated heterocycles. The van der Waals surface area contributed by atoms with Crippen LogP contribution in [0, 0.1) is 11.8 Å². The number of rotatable bonds is 11. The van der Waals surface area contributed by atoms with Gasteiger partial charge in [0.05, 0.1) is 6.04 Å². The van der Waals surface area contributed by atoms with E-state index < -0.39 is 41.5 Å². The summed E-state index contributed by atoms with van der Waals surface area (Å²) >= 11 is 0. The average Bonchev–Trinajstić information content (AvgIpc) is 3.51. The molecule has 0 radical (unpaired) electrons. The van der Waals surface area contributed by atoms with Crippen LogP contribution >= 0.6 is 0 Å². The first kappa shape index (κ1) is 23.2. The lowest BCUT2D eigenvalue weighted by molar-refractivity contribution is -0.139. The maximum Gasteiger partial charge on any atom is 0.287 e. The van der Waals surface area contributed by atoms with Crippen molar-refractivity contribution < 1.29 is 24.0 Å². The fraction of sp³-hybridized carbons (Fsp3) is 0.435. The molecule has 1 heterocycles. The highest BCUT2D eigenvalue weighted by atomic mass is 16.2. The van der Waals surface area contributed by atoms with Crippen LogP contribution in [0.4, 0.5) is 0 Å². The van der Waals surface area contributed by atoms with Crippen LogP contribution in [0.3, 0.4) is 0 Å². The quantitative estimate of drug-likeness (QED) is 0.284. The van der Waals surface area contributed by atoms with Crippen LogP contribution in [-0.2, 0) is 24.0 Å². The Hall–Kier alpha value is -3.49. The van der Waals surface area contributed by atoms with Crippen LogP contribution in [0.2, 0.25) is 0 Å². The van der Waals surface area contributed by atoms with Crippen molar-refractivity contribution in [2.75, 3.05) is 6.54 Å². The summed E-state index contributed by atoms with van der Waals surface area (Å²) < 4.78 is 0. The van der Waals surface area contributed by atoms with Gasteiger partial charge in [-0.3, -0.25) is 24.0 Å². The van der Waals surface area contributed by atoms with E-state index in [2.05, 4.69) is 16.0 Å². The van der Waals surface area contributed by atoms with Gasteiger partial charge in [0.2, 0.25) is 23.5 Å². The highest BCUT2D eigenvalue weighted by Gasteiger charge is 2.36. The summed E-state index contributed by atoms with van der Waals surface area (Å²) in [5.74, 6) is -3.56. The Morgan fingerprint density at radius 2 is 1.75 bits per heavy atom. The summed E-state index contributed by atoms with van der Waals surface area (Å²) in [6, 6.07) is 7.17. The predicted octanol–water partition coefficient (Wildman–Crippen LogP) is 0.0501. The van der Waals surface area contributed by atoms with Crippen molar-refractivity contribution in [2.24, 2.45) is 17.6 Å². The maximum absolute atomic E-state index is 13.0. The summed E-state index contributed by atoms with van der Waals surface area (Å²) in [7, 11) is 0. The van der Waals surface area contributed by atoms with Crippen molar-refractivity contribution in [1.29, 1.82) is 0 Å². The molecule has 2 fully saturated rings. The molecule has 9 nitrogen and oxygen atoms in total. The molecule has 0 bridgehead atoms. The monoisotopic (exact) mass is 440 g/mol. The molecular weight excluding hydrogens is 412 g/mol. The number of nitrogens with one attached hydrogen (secondary N) is 3. The van der Waals surface area contributed by atoms with Gasteiger partial charge in [-0.05, 0) is 36.8 Å². The first-order valence-corrected chi connectivity index (χ1v) is 10.8. The zero-order chi connectivity index (χ0) is 23.1. The van der Waals surface area contributed by atoms with E-state index in [1.54, 1.807) is 6.08 Å². The summed E-state index contributed by atoms with van der Waals surface area (Å²) in [5, 5.41) is 7.90. The van der Waals surface area contributed by atoms with E-state index in [0.29, 0.717) is 25.3 Å². The lowest BCUT2D eigenvalue weighted by Gasteiger charge is -2.23. The summed E-state index contributed by atoms with van der Waals surface area (Å²) in [5.41, 5.74) is 5.99. The first-order valence-electron chi connectivity index (χ1n) is 10.8. The summed E-state index contributed by atoms with van der Waals surface area (Å²) in [6.45, 7) is 0.475. The normalized spacial score (nSPS) is 19.8. The Labute approximate surface area is 186 Å². The Bertz CT molecular complexity index is 910. The minimum atomic E-state index is -1.22. The first-order chi connectivity index (χ1) is 15.3. The third-order valence-corrected chi connectivity index (χ3v) is 5.68. The molecule has 0 spiro atoms. The van der Waals surface area contributed by atoms with Gasteiger partial charge in [-0.25, -0.2) is 0 Å². The zero-order valence-electron chi connectivity index (χ0n) is 17.7. The van der Waals surface area contributed by atoms with Gasteiger partial charge in [-0.15, -0.1) is 0 Å². The van der Waals surface area contributed by atoms with E-state index in [9.17, 15) is 24.0 Å². The number of carbonyl (C=O) groups is 5. The van der Waals surface area contributed by atoms with E-state index in [4.69, 9.17) is 5.73 Å². The Morgan fingerprint density at radius 3 is 2.34 bits per heavy atom. The number of primary amides is 1. The second kappa shape index (κ2) is 10.7. The molecule has 1 unspecified atom stereocenters. The molecule has 1 aromatic carbocycles. The summed E-state index contributed by atoms with van der Waals surface area (Å²) in [6.07, 6.45) is 5.83. The molecular formula is C23H28N4O5. The maximum atomic E-state index is 13.0. The van der Waals surface area contributed by atoms with Gasteiger partial charge in [0, 0.05) is 18.5 Å². The Balaban J connectivity index is 1.66. The molecule has 5 N–H and O–H groups in total. The third kappa shape index (κ3) is 6.76. The van der Waals surface area contributed by atoms with Crippen LogP contribution in [0.5, 0.6) is 0 Å². The predicted molar refractivity (Wildman–Crippen MR) is 117 cm³/mol. The van der Waals surface area contributed by atoms with E-state index >= 15 is 0 Å². The molecule has 1 saturated carbocycles. The largest absolute Gasteiger partial charge is 0.363 e. The fourth-order valence-electron chi connectivity index (χ4n) is 3.70. The lowest BCUT2D eigenvalue weighted by atomic mass is 9.95. The minimum Gasteiger partial charge on any atom is -0.363 e. The van der Waals surface area contributed by atoms with Crippen molar-refractivity contribution in [1.82, 2.24) is 16.0 Å². The Morgan fingerprint density at radius 1 is 1.03 bits per heavy atom. The minimum absolute atomic E-state index is 0.0165. The van der Waals surface area contributed by atoms with Crippen molar-refractivity contribution in [3.63, 3.8) is 0 Å². The number of amides is 4. The number of hydrogen-bond donors (Lipinski definition) is 4. The average molecular weight is 441 g/mol. The lowest BCUT2D eigenvalue weighted by Crippen LogP contribution is -2.54. The van der Waals surface area contributed by atoms with Crippen LogP contribution in [0.15, 0.2) is 36.4 Å². The highest BCUT2D eigenvalue weighted by Crippen LogP contribution is 2.33. The molecule has 1 aliphatic heterocycles. The molecule has 0 aromatic heterocycles. The van der Waals surface area contributed by atoms with Crippen molar-refractivity contribution in [2.45, 2.75) is 44.2 Å². The zero-order valence-corrected chi connectivity index (χ0v) is 17.7. The van der Waals surface area contributed by atoms with Gasteiger partial charge in [-0.1, -0.05) is 43.2 Å². The number of nitrogens with two attached hydrogens (primary N) is 1. The fourth-order valence-corrected chi connectivity index (χ4v) is 3.70. The third-order valence-electron chi connectivity index (χ3n) is 5.68. The van der Waals surface area contributed by atoms with Gasteiger partial charge in [0.25, 0.3) is 5.91 Å². The molecule has 1 aromatic rings. The molecule has 1 aliphatic carbocycles. The SMILES string of the molecule is NC(=O)C(=O)C(C[C@@H]1CCNC1=O)NC(=O)[C@H](CC1CC1)NC(=O)C=Cc1ccccc1. The van der Waals surface area contributed by atoms with Gasteiger partial charge in [0.15, 0.2) is 0 Å². The number of benzene rings is 1. The number of hydrogen-bond acceptors (Lipinski definition) is 5. The van der Waals surface area contributed by atoms with Crippen LogP contribution in [0.1, 0.15) is 37.7 Å².